The second-order valence-electron chi connectivity index (χ2n) is 6.43. The third kappa shape index (κ3) is 4.36. The molecule has 26 heavy (non-hydrogen) atoms. The molecule has 0 N–H and O–H groups in total. The molecule has 0 spiro atoms. The van der Waals surface area contributed by atoms with Gasteiger partial charge in [0.2, 0.25) is 0 Å². The van der Waals surface area contributed by atoms with Gasteiger partial charge in [-0.1, -0.05) is 60.1 Å². The number of rotatable bonds is 1. The minimum absolute atomic E-state index is 0.479. The lowest BCUT2D eigenvalue weighted by molar-refractivity contribution is 0.443. The second-order valence-corrected chi connectivity index (χ2v) is 6.43. The molecule has 0 heterocycles. The highest BCUT2D eigenvalue weighted by Gasteiger charge is 2.16. The van der Waals surface area contributed by atoms with Crippen molar-refractivity contribution in [3.63, 3.8) is 0 Å². The first kappa shape index (κ1) is 16.5. The monoisotopic (exact) mass is 339 g/mol. The van der Waals surface area contributed by atoms with Crippen LogP contribution in [0.15, 0.2) is 42.5 Å². The molecule has 1 nitrogen and oxygen atoms in total. The van der Waals surface area contributed by atoms with Crippen LogP contribution in [0.3, 0.4) is 0 Å². The lowest BCUT2D eigenvalue weighted by atomic mass is 9.83. The Kier molecular flexibility index (Phi) is 5.68. The average Bonchev–Trinajstić information content (AvgIpc) is 2.69. The van der Waals surface area contributed by atoms with Crippen molar-refractivity contribution >= 4 is 0 Å². The zero-order chi connectivity index (χ0) is 19.1. The van der Waals surface area contributed by atoms with Crippen molar-refractivity contribution in [1.82, 2.24) is 0 Å². The highest BCUT2D eigenvalue weighted by molar-refractivity contribution is 5.56. The van der Waals surface area contributed by atoms with Crippen LogP contribution in [-0.2, 0) is 0 Å². The quantitative estimate of drug-likeness (QED) is 0.577. The maximum Gasteiger partial charge on any atom is 0.311 e. The standard InChI is InChI=1S/C25H24N/c1-3-9-23-18-24(20-10-5-4-6-11-20)17-16-22(23)15-14-21-12-7-8-13-25(21)19-26-2/h7-8,12-13,16-18,20H,4-6,10-11H2,1-2H3/q+1/i20D. The summed E-state index contributed by atoms with van der Waals surface area (Å²) in [6.45, 7) is 1.84. The Bertz CT molecular complexity index is 1010. The number of benzene rings is 2. The maximum absolute atomic E-state index is 8.87. The summed E-state index contributed by atoms with van der Waals surface area (Å²) in [7, 11) is 1.71. The summed E-state index contributed by atoms with van der Waals surface area (Å²) in [4.78, 5) is 3.98. The molecule has 1 fully saturated rings. The van der Waals surface area contributed by atoms with Crippen molar-refractivity contribution in [2.45, 2.75) is 44.9 Å². The van der Waals surface area contributed by atoms with Crippen molar-refractivity contribution in [3.8, 4) is 29.8 Å². The van der Waals surface area contributed by atoms with Crippen LogP contribution < -0.4 is 0 Å². The van der Waals surface area contributed by atoms with E-state index in [4.69, 9.17) is 1.37 Å². The predicted octanol–water partition coefficient (Wildman–Crippen LogP) is 5.82. The molecule has 1 aliphatic rings. The molecule has 3 rings (SSSR count). The van der Waals surface area contributed by atoms with Gasteiger partial charge in [-0.25, -0.2) is 0 Å². The van der Waals surface area contributed by atoms with Crippen molar-refractivity contribution in [3.05, 3.63) is 75.1 Å². The molecule has 2 aromatic rings. The van der Waals surface area contributed by atoms with E-state index in [2.05, 4.69) is 46.7 Å². The van der Waals surface area contributed by atoms with Crippen LogP contribution in [0.4, 0.5) is 0 Å². The van der Waals surface area contributed by atoms with E-state index in [-0.39, 0.29) is 0 Å². The molecular formula is C25H24N+. The molecule has 0 unspecified atom stereocenters. The van der Waals surface area contributed by atoms with Crippen LogP contribution in [0.2, 0.25) is 0 Å². The highest BCUT2D eigenvalue weighted by Crippen LogP contribution is 2.33. The summed E-state index contributed by atoms with van der Waals surface area (Å²) in [5.74, 6) is 12.2. The molecule has 0 saturated heterocycles. The van der Waals surface area contributed by atoms with E-state index < -0.39 is 5.89 Å². The molecule has 0 amide bonds. The van der Waals surface area contributed by atoms with Gasteiger partial charge in [0, 0.05) is 18.1 Å². The fraction of sp³-hybridized carbons (Fsp3) is 0.320. The van der Waals surface area contributed by atoms with E-state index >= 15 is 0 Å². The van der Waals surface area contributed by atoms with Gasteiger partial charge >= 0.3 is 6.07 Å². The lowest BCUT2D eigenvalue weighted by Crippen LogP contribution is -2.05. The van der Waals surface area contributed by atoms with Crippen LogP contribution in [0, 0.1) is 29.8 Å². The Labute approximate surface area is 158 Å². The van der Waals surface area contributed by atoms with Gasteiger partial charge in [-0.05, 0) is 55.5 Å². The first-order valence-electron chi connectivity index (χ1n) is 9.69. The molecule has 0 aromatic heterocycles. The summed E-state index contributed by atoms with van der Waals surface area (Å²) in [5.41, 5.74) is 4.66. The van der Waals surface area contributed by atoms with E-state index in [1.165, 1.54) is 6.42 Å². The van der Waals surface area contributed by atoms with E-state index in [0.717, 1.165) is 53.5 Å². The maximum atomic E-state index is 8.87. The minimum atomic E-state index is -0.479. The number of nitrogens with zero attached hydrogens (tertiary/aromatic N) is 1. The zero-order valence-corrected chi connectivity index (χ0v) is 15.5. The SMILES string of the molecule is [2H]C1(c2ccc(C#Cc3ccccc3C#[N+]C)c(C#CC)c2)CCCCC1. The van der Waals surface area contributed by atoms with Gasteiger partial charge in [-0.2, -0.15) is 0 Å². The van der Waals surface area contributed by atoms with Crippen molar-refractivity contribution in [1.29, 1.82) is 0 Å². The van der Waals surface area contributed by atoms with Gasteiger partial charge in [0.15, 0.2) is 0 Å². The largest absolute Gasteiger partial charge is 0.311 e. The van der Waals surface area contributed by atoms with Crippen LogP contribution in [0.5, 0.6) is 0 Å². The fourth-order valence-electron chi connectivity index (χ4n) is 3.32. The Hall–Kier alpha value is -2.95. The topological polar surface area (TPSA) is 4.36 Å². The van der Waals surface area contributed by atoms with E-state index in [1.807, 2.05) is 37.3 Å². The Morgan fingerprint density at radius 3 is 2.27 bits per heavy atom. The first-order valence-corrected chi connectivity index (χ1v) is 9.19. The molecule has 1 aliphatic carbocycles. The molecule has 128 valence electrons. The fourth-order valence-corrected chi connectivity index (χ4v) is 3.32. The van der Waals surface area contributed by atoms with Crippen LogP contribution in [0.1, 0.15) is 74.1 Å². The summed E-state index contributed by atoms with van der Waals surface area (Å²) in [5, 5.41) is 0. The number of hydrogen-bond donors (Lipinski definition) is 0. The number of hydrogen-bond acceptors (Lipinski definition) is 0. The molecule has 1 saturated carbocycles. The van der Waals surface area contributed by atoms with Gasteiger partial charge in [0.05, 0.1) is 0 Å². The van der Waals surface area contributed by atoms with Crippen LogP contribution in [0.25, 0.3) is 4.85 Å². The third-order valence-corrected chi connectivity index (χ3v) is 4.64. The smallest absolute Gasteiger partial charge is 0.101 e. The average molecular weight is 339 g/mol. The minimum Gasteiger partial charge on any atom is -0.101 e. The van der Waals surface area contributed by atoms with Crippen LogP contribution in [-0.4, -0.2) is 7.05 Å². The molecule has 0 aliphatic heterocycles. The normalized spacial score (nSPS) is 15.2. The molecular weight excluding hydrogens is 314 g/mol. The molecule has 1 heteroatoms. The summed E-state index contributed by atoms with van der Waals surface area (Å²) in [6, 6.07) is 17.0. The van der Waals surface area contributed by atoms with Crippen molar-refractivity contribution in [2.24, 2.45) is 0 Å². The summed E-state index contributed by atoms with van der Waals surface area (Å²) in [6.07, 6.45) is 5.36. The van der Waals surface area contributed by atoms with Crippen LogP contribution >= 0.6 is 0 Å². The van der Waals surface area contributed by atoms with E-state index in [1.54, 1.807) is 7.05 Å². The first-order chi connectivity index (χ1) is 13.2. The summed E-state index contributed by atoms with van der Waals surface area (Å²) < 4.78 is 8.87. The second kappa shape index (κ2) is 8.94. The Balaban J connectivity index is 2.00. The van der Waals surface area contributed by atoms with Gasteiger partial charge in [-0.3, -0.25) is 0 Å². The van der Waals surface area contributed by atoms with Gasteiger partial charge in [0.25, 0.3) is 7.05 Å². The van der Waals surface area contributed by atoms with Gasteiger partial charge < -0.3 is 0 Å². The van der Waals surface area contributed by atoms with Crippen molar-refractivity contribution in [2.75, 3.05) is 7.05 Å². The van der Waals surface area contributed by atoms with Gasteiger partial charge in [0.1, 0.15) is 5.56 Å². The van der Waals surface area contributed by atoms with Crippen molar-refractivity contribution < 1.29 is 1.37 Å². The molecule has 0 radical (unpaired) electrons. The zero-order valence-electron chi connectivity index (χ0n) is 16.5. The van der Waals surface area contributed by atoms with Gasteiger partial charge in [-0.15, -0.1) is 5.92 Å². The predicted molar refractivity (Wildman–Crippen MR) is 110 cm³/mol. The van der Waals surface area contributed by atoms with E-state index in [0.29, 0.717) is 0 Å². The third-order valence-electron chi connectivity index (χ3n) is 4.64. The molecule has 2 aromatic carbocycles. The molecule has 0 atom stereocenters. The Morgan fingerprint density at radius 1 is 0.885 bits per heavy atom. The molecule has 0 bridgehead atoms. The Morgan fingerprint density at radius 2 is 1.58 bits per heavy atom. The highest BCUT2D eigenvalue weighted by atomic mass is 14.6. The van der Waals surface area contributed by atoms with E-state index in [9.17, 15) is 0 Å². The lowest BCUT2D eigenvalue weighted by Gasteiger charge is -2.22. The summed E-state index contributed by atoms with van der Waals surface area (Å²) >= 11 is 0.